The van der Waals surface area contributed by atoms with E-state index in [9.17, 15) is 9.59 Å². The molecule has 4 aromatic rings. The Bertz CT molecular complexity index is 1280. The zero-order valence-corrected chi connectivity index (χ0v) is 20.7. The molecule has 36 heavy (non-hydrogen) atoms. The van der Waals surface area contributed by atoms with E-state index in [2.05, 4.69) is 5.32 Å². The molecule has 0 aliphatic heterocycles. The highest BCUT2D eigenvalue weighted by atomic mass is 35.5. The van der Waals surface area contributed by atoms with Crippen molar-refractivity contribution in [3.8, 4) is 5.75 Å². The second-order valence-electron chi connectivity index (χ2n) is 8.34. The van der Waals surface area contributed by atoms with Crippen LogP contribution in [0.2, 0.25) is 5.02 Å². The van der Waals surface area contributed by atoms with Crippen molar-refractivity contribution >= 4 is 29.1 Å². The summed E-state index contributed by atoms with van der Waals surface area (Å²) in [5, 5.41) is 3.52. The van der Waals surface area contributed by atoms with Gasteiger partial charge in [-0.1, -0.05) is 84.4 Å². The normalized spacial score (nSPS) is 11.4. The second-order valence-corrected chi connectivity index (χ2v) is 8.78. The van der Waals surface area contributed by atoms with Gasteiger partial charge in [0.2, 0.25) is 5.91 Å². The number of nitrogens with zero attached hydrogens (tertiary/aromatic N) is 1. The zero-order valence-electron chi connectivity index (χ0n) is 19.9. The van der Waals surface area contributed by atoms with Gasteiger partial charge < -0.3 is 15.0 Å². The predicted octanol–water partition coefficient (Wildman–Crippen LogP) is 6.30. The van der Waals surface area contributed by atoms with Gasteiger partial charge >= 0.3 is 0 Å². The van der Waals surface area contributed by atoms with E-state index in [0.29, 0.717) is 22.0 Å². The highest BCUT2D eigenvalue weighted by molar-refractivity contribution is 6.30. The molecule has 5 nitrogen and oxygen atoms in total. The molecule has 6 heteroatoms. The van der Waals surface area contributed by atoms with Crippen LogP contribution < -0.4 is 10.1 Å². The molecule has 1 N–H and O–H groups in total. The number of hydrogen-bond acceptors (Lipinski definition) is 3. The zero-order chi connectivity index (χ0) is 25.3. The largest absolute Gasteiger partial charge is 0.497 e. The Hall–Kier alpha value is -4.09. The van der Waals surface area contributed by atoms with E-state index in [-0.39, 0.29) is 24.8 Å². The van der Waals surface area contributed by atoms with Crippen molar-refractivity contribution in [3.05, 3.63) is 131 Å². The first-order chi connectivity index (χ1) is 17.5. The first kappa shape index (κ1) is 25.0. The summed E-state index contributed by atoms with van der Waals surface area (Å²) in [6.45, 7) is 0.274. The van der Waals surface area contributed by atoms with Crippen LogP contribution in [0.25, 0.3) is 0 Å². The lowest BCUT2D eigenvalue weighted by molar-refractivity contribution is -0.139. The predicted molar refractivity (Wildman–Crippen MR) is 143 cm³/mol. The van der Waals surface area contributed by atoms with E-state index < -0.39 is 6.04 Å². The van der Waals surface area contributed by atoms with Gasteiger partial charge in [-0.25, -0.2) is 0 Å². The molecule has 0 bridgehead atoms. The molecule has 0 heterocycles. The van der Waals surface area contributed by atoms with Crippen molar-refractivity contribution in [2.45, 2.75) is 19.0 Å². The number of carbonyl (C=O) groups excluding carboxylic acids is 2. The van der Waals surface area contributed by atoms with Crippen LogP contribution >= 0.6 is 11.6 Å². The summed E-state index contributed by atoms with van der Waals surface area (Å²) in [6.07, 6.45) is 0.174. The molecular formula is C30H27ClN2O3. The Kier molecular flexibility index (Phi) is 8.37. The fraction of sp³-hybridized carbons (Fsp3) is 0.133. The summed E-state index contributed by atoms with van der Waals surface area (Å²) >= 11 is 6.14. The third-order valence-corrected chi connectivity index (χ3v) is 6.07. The molecule has 4 aromatic carbocycles. The molecule has 0 spiro atoms. The third kappa shape index (κ3) is 6.52. The van der Waals surface area contributed by atoms with Crippen molar-refractivity contribution in [1.29, 1.82) is 0 Å². The van der Waals surface area contributed by atoms with E-state index in [1.807, 2.05) is 60.7 Å². The van der Waals surface area contributed by atoms with Gasteiger partial charge in [-0.05, 0) is 53.1 Å². The lowest BCUT2D eigenvalue weighted by Crippen LogP contribution is -2.41. The van der Waals surface area contributed by atoms with Gasteiger partial charge in [0.1, 0.15) is 11.8 Å². The molecule has 1 unspecified atom stereocenters. The topological polar surface area (TPSA) is 58.6 Å². The number of nitrogens with one attached hydrogen (secondary N) is 1. The number of halogens is 1. The maximum absolute atomic E-state index is 13.8. The third-order valence-electron chi connectivity index (χ3n) is 5.82. The molecule has 0 aliphatic rings. The fourth-order valence-electron chi connectivity index (χ4n) is 3.98. The van der Waals surface area contributed by atoms with Crippen LogP contribution in [0, 0.1) is 0 Å². The van der Waals surface area contributed by atoms with Crippen molar-refractivity contribution < 1.29 is 14.3 Å². The van der Waals surface area contributed by atoms with Gasteiger partial charge in [-0.15, -0.1) is 0 Å². The second kappa shape index (κ2) is 12.0. The summed E-state index contributed by atoms with van der Waals surface area (Å²) in [5.41, 5.74) is 3.08. The molecule has 1 atom stereocenters. The molecular weight excluding hydrogens is 472 g/mol. The smallest absolute Gasteiger partial charge is 0.251 e. The minimum Gasteiger partial charge on any atom is -0.497 e. The Morgan fingerprint density at radius 2 is 1.39 bits per heavy atom. The highest BCUT2D eigenvalue weighted by Crippen LogP contribution is 2.28. The van der Waals surface area contributed by atoms with Gasteiger partial charge in [0.05, 0.1) is 13.5 Å². The Labute approximate surface area is 216 Å². The lowest BCUT2D eigenvalue weighted by Gasteiger charge is -2.32. The molecule has 0 saturated carbocycles. The van der Waals surface area contributed by atoms with E-state index in [1.165, 1.54) is 0 Å². The van der Waals surface area contributed by atoms with E-state index >= 15 is 0 Å². The average Bonchev–Trinajstić information content (AvgIpc) is 2.91. The van der Waals surface area contributed by atoms with Gasteiger partial charge in [-0.2, -0.15) is 0 Å². The molecule has 0 saturated heterocycles. The van der Waals surface area contributed by atoms with Crippen molar-refractivity contribution in [2.75, 3.05) is 12.4 Å². The van der Waals surface area contributed by atoms with Crippen molar-refractivity contribution in [3.63, 3.8) is 0 Å². The lowest BCUT2D eigenvalue weighted by atomic mass is 10.0. The summed E-state index contributed by atoms with van der Waals surface area (Å²) in [7, 11) is 1.59. The highest BCUT2D eigenvalue weighted by Gasteiger charge is 2.31. The van der Waals surface area contributed by atoms with E-state index in [0.717, 1.165) is 11.1 Å². The molecule has 182 valence electrons. The molecule has 0 fully saturated rings. The number of rotatable bonds is 9. The number of methoxy groups -OCH3 is 1. The number of carbonyl (C=O) groups is 2. The molecule has 0 radical (unpaired) electrons. The van der Waals surface area contributed by atoms with Crippen LogP contribution in [-0.4, -0.2) is 23.8 Å². The van der Waals surface area contributed by atoms with Gasteiger partial charge in [-0.3, -0.25) is 9.59 Å². The van der Waals surface area contributed by atoms with Crippen LogP contribution in [0.1, 0.15) is 22.7 Å². The number of benzene rings is 4. The van der Waals surface area contributed by atoms with Crippen molar-refractivity contribution in [2.24, 2.45) is 0 Å². The summed E-state index contributed by atoms with van der Waals surface area (Å²) in [5.74, 6) is 0.209. The minimum absolute atomic E-state index is 0.158. The summed E-state index contributed by atoms with van der Waals surface area (Å²) < 4.78 is 5.22. The molecule has 4 rings (SSSR count). The fourth-order valence-corrected chi connectivity index (χ4v) is 4.10. The quantitative estimate of drug-likeness (QED) is 0.294. The van der Waals surface area contributed by atoms with Crippen LogP contribution in [0.15, 0.2) is 109 Å². The standard InChI is InChI=1S/C30H27ClN2O3/c1-36-27-18-16-26(17-19-27)32-30(35)29(24-12-14-25(31)15-13-24)33(21-23-10-6-3-7-11-23)28(34)20-22-8-4-2-5-9-22/h2-19,29H,20-21H2,1H3,(H,32,35). The molecule has 0 aromatic heterocycles. The summed E-state index contributed by atoms with van der Waals surface area (Å²) in [4.78, 5) is 29.1. The number of ether oxygens (including phenoxy) is 1. The van der Waals surface area contributed by atoms with Gasteiger partial charge in [0.25, 0.3) is 5.91 Å². The van der Waals surface area contributed by atoms with Gasteiger partial charge in [0.15, 0.2) is 0 Å². The maximum atomic E-state index is 13.8. The van der Waals surface area contributed by atoms with Crippen molar-refractivity contribution in [1.82, 2.24) is 4.90 Å². The minimum atomic E-state index is -0.874. The summed E-state index contributed by atoms with van der Waals surface area (Å²) in [6, 6.07) is 32.4. The van der Waals surface area contributed by atoms with Crippen LogP contribution in [0.3, 0.4) is 0 Å². The maximum Gasteiger partial charge on any atom is 0.251 e. The average molecular weight is 499 g/mol. The molecule has 2 amide bonds. The Balaban J connectivity index is 1.71. The Morgan fingerprint density at radius 3 is 1.97 bits per heavy atom. The molecule has 0 aliphatic carbocycles. The van der Waals surface area contributed by atoms with Crippen LogP contribution in [0.4, 0.5) is 5.69 Å². The van der Waals surface area contributed by atoms with Crippen LogP contribution in [0.5, 0.6) is 5.75 Å². The monoisotopic (exact) mass is 498 g/mol. The van der Waals surface area contributed by atoms with E-state index in [1.54, 1.807) is 60.5 Å². The number of anilines is 1. The first-order valence-electron chi connectivity index (χ1n) is 11.6. The van der Waals surface area contributed by atoms with Crippen LogP contribution in [-0.2, 0) is 22.6 Å². The SMILES string of the molecule is COc1ccc(NC(=O)C(c2ccc(Cl)cc2)N(Cc2ccccc2)C(=O)Cc2ccccc2)cc1. The van der Waals surface area contributed by atoms with Gasteiger partial charge in [0, 0.05) is 17.3 Å². The first-order valence-corrected chi connectivity index (χ1v) is 12.0. The number of amides is 2. The van der Waals surface area contributed by atoms with E-state index in [4.69, 9.17) is 16.3 Å². The Morgan fingerprint density at radius 1 is 0.806 bits per heavy atom. The number of hydrogen-bond donors (Lipinski definition) is 1.